The summed E-state index contributed by atoms with van der Waals surface area (Å²) in [5.41, 5.74) is 6.49. The van der Waals surface area contributed by atoms with E-state index in [1.165, 1.54) is 13.3 Å². The first-order valence-electron chi connectivity index (χ1n) is 5.99. The average Bonchev–Trinajstić information content (AvgIpc) is 2.49. The molecule has 0 fully saturated rings. The summed E-state index contributed by atoms with van der Waals surface area (Å²) in [6.45, 7) is 0. The van der Waals surface area contributed by atoms with Crippen LogP contribution in [0.5, 0.6) is 11.5 Å². The van der Waals surface area contributed by atoms with E-state index in [0.717, 1.165) is 0 Å². The third-order valence-corrected chi connectivity index (χ3v) is 3.35. The van der Waals surface area contributed by atoms with Gasteiger partial charge in [0, 0.05) is 6.07 Å². The van der Waals surface area contributed by atoms with E-state index >= 15 is 0 Å². The second-order valence-electron chi connectivity index (χ2n) is 4.12. The van der Waals surface area contributed by atoms with Crippen LogP contribution >= 0.6 is 15.9 Å². The largest absolute Gasteiger partial charge is 0.497 e. The van der Waals surface area contributed by atoms with Gasteiger partial charge in [-0.1, -0.05) is 0 Å². The summed E-state index contributed by atoms with van der Waals surface area (Å²) in [6, 6.07) is 6.61. The summed E-state index contributed by atoms with van der Waals surface area (Å²) >= 11 is 3.30. The van der Waals surface area contributed by atoms with Crippen LogP contribution in [0.4, 0.5) is 11.5 Å². The van der Waals surface area contributed by atoms with E-state index in [1.807, 2.05) is 0 Å². The van der Waals surface area contributed by atoms with Crippen LogP contribution in [0.15, 0.2) is 34.9 Å². The number of hydrogen-bond acceptors (Lipinski definition) is 5. The first-order chi connectivity index (χ1) is 10.0. The number of pyridine rings is 1. The van der Waals surface area contributed by atoms with E-state index in [9.17, 15) is 4.79 Å². The number of carbonyl (C=O) groups excluding carboxylic acids is 1. The van der Waals surface area contributed by atoms with E-state index in [2.05, 4.69) is 26.2 Å². The Balaban J connectivity index is 2.28. The molecular weight excluding hydrogens is 338 g/mol. The van der Waals surface area contributed by atoms with Crippen molar-refractivity contribution in [1.29, 1.82) is 0 Å². The number of nitrogen functional groups attached to an aromatic ring is 1. The lowest BCUT2D eigenvalue weighted by molar-refractivity contribution is 0.102. The zero-order valence-corrected chi connectivity index (χ0v) is 13.1. The number of hydrogen-bond donors (Lipinski definition) is 2. The van der Waals surface area contributed by atoms with Crippen molar-refractivity contribution in [3.05, 3.63) is 40.5 Å². The van der Waals surface area contributed by atoms with Gasteiger partial charge in [-0.2, -0.15) is 0 Å². The molecule has 2 rings (SSSR count). The van der Waals surface area contributed by atoms with Crippen LogP contribution in [0.25, 0.3) is 0 Å². The molecule has 0 aliphatic rings. The SMILES string of the molecule is COc1ccc(C(=O)Nc2ncc(N)cc2Br)c(OC)c1. The highest BCUT2D eigenvalue weighted by Crippen LogP contribution is 2.27. The number of ether oxygens (including phenoxy) is 2. The molecule has 3 N–H and O–H groups in total. The summed E-state index contributed by atoms with van der Waals surface area (Å²) in [5, 5.41) is 2.69. The van der Waals surface area contributed by atoms with Gasteiger partial charge in [0.15, 0.2) is 0 Å². The quantitative estimate of drug-likeness (QED) is 0.884. The second-order valence-corrected chi connectivity index (χ2v) is 4.97. The molecule has 7 heteroatoms. The lowest BCUT2D eigenvalue weighted by Crippen LogP contribution is -2.14. The normalized spacial score (nSPS) is 10.0. The van der Waals surface area contributed by atoms with Crippen LogP contribution < -0.4 is 20.5 Å². The fourth-order valence-electron chi connectivity index (χ4n) is 1.71. The summed E-state index contributed by atoms with van der Waals surface area (Å²) in [6.07, 6.45) is 1.46. The number of halogens is 1. The lowest BCUT2D eigenvalue weighted by Gasteiger charge is -2.11. The summed E-state index contributed by atoms with van der Waals surface area (Å²) < 4.78 is 10.9. The molecule has 0 aliphatic heterocycles. The Labute approximate surface area is 130 Å². The van der Waals surface area contributed by atoms with Gasteiger partial charge < -0.3 is 20.5 Å². The number of aromatic nitrogens is 1. The molecule has 110 valence electrons. The van der Waals surface area contributed by atoms with Gasteiger partial charge >= 0.3 is 0 Å². The van der Waals surface area contributed by atoms with Crippen LogP contribution in [0.3, 0.4) is 0 Å². The summed E-state index contributed by atoms with van der Waals surface area (Å²) in [7, 11) is 3.03. The van der Waals surface area contributed by atoms with Gasteiger partial charge in [0.25, 0.3) is 5.91 Å². The zero-order valence-electron chi connectivity index (χ0n) is 11.5. The van der Waals surface area contributed by atoms with Crippen molar-refractivity contribution < 1.29 is 14.3 Å². The highest BCUT2D eigenvalue weighted by atomic mass is 79.9. The topological polar surface area (TPSA) is 86.5 Å². The molecule has 0 radical (unpaired) electrons. The van der Waals surface area contributed by atoms with Crippen LogP contribution in [-0.2, 0) is 0 Å². The maximum atomic E-state index is 12.3. The van der Waals surface area contributed by atoms with Gasteiger partial charge in [0.05, 0.1) is 36.1 Å². The number of benzene rings is 1. The molecule has 0 spiro atoms. The number of anilines is 2. The standard InChI is InChI=1S/C14H14BrN3O3/c1-20-9-3-4-10(12(6-9)21-2)14(19)18-13-11(15)5-8(16)7-17-13/h3-7H,16H2,1-2H3,(H,17,18,19). The maximum absolute atomic E-state index is 12.3. The Morgan fingerprint density at radius 1 is 1.29 bits per heavy atom. The summed E-state index contributed by atoms with van der Waals surface area (Å²) in [4.78, 5) is 16.4. The molecule has 0 unspecified atom stereocenters. The van der Waals surface area contributed by atoms with Gasteiger partial charge in [-0.25, -0.2) is 4.98 Å². The van der Waals surface area contributed by atoms with Crippen LogP contribution in [0.1, 0.15) is 10.4 Å². The fraction of sp³-hybridized carbons (Fsp3) is 0.143. The van der Waals surface area contributed by atoms with Gasteiger partial charge in [0.1, 0.15) is 17.3 Å². The highest BCUT2D eigenvalue weighted by Gasteiger charge is 2.15. The zero-order chi connectivity index (χ0) is 15.4. The first-order valence-corrected chi connectivity index (χ1v) is 6.79. The number of carbonyl (C=O) groups is 1. The van der Waals surface area contributed by atoms with Crippen LogP contribution in [0.2, 0.25) is 0 Å². The lowest BCUT2D eigenvalue weighted by atomic mass is 10.1. The first kappa shape index (κ1) is 15.1. The van der Waals surface area contributed by atoms with E-state index in [4.69, 9.17) is 15.2 Å². The molecule has 1 amide bonds. The number of nitrogens with two attached hydrogens (primary N) is 1. The molecule has 6 nitrogen and oxygen atoms in total. The van der Waals surface area contributed by atoms with Crippen LogP contribution in [-0.4, -0.2) is 25.1 Å². The molecule has 1 heterocycles. The van der Waals surface area contributed by atoms with Crippen molar-refractivity contribution in [3.8, 4) is 11.5 Å². The molecule has 0 bridgehead atoms. The third kappa shape index (κ3) is 3.43. The number of nitrogens with zero attached hydrogens (tertiary/aromatic N) is 1. The monoisotopic (exact) mass is 351 g/mol. The van der Waals surface area contributed by atoms with E-state index in [-0.39, 0.29) is 5.91 Å². The van der Waals surface area contributed by atoms with Gasteiger partial charge in [-0.15, -0.1) is 0 Å². The minimum Gasteiger partial charge on any atom is -0.497 e. The molecule has 1 aromatic carbocycles. The number of nitrogens with one attached hydrogen (secondary N) is 1. The van der Waals surface area contributed by atoms with E-state index in [0.29, 0.717) is 33.0 Å². The van der Waals surface area contributed by atoms with Gasteiger partial charge in [0.2, 0.25) is 0 Å². The number of methoxy groups -OCH3 is 2. The Bertz CT molecular complexity index is 677. The molecule has 1 aromatic heterocycles. The minimum absolute atomic E-state index is 0.340. The van der Waals surface area contributed by atoms with Crippen molar-refractivity contribution in [1.82, 2.24) is 4.98 Å². The Morgan fingerprint density at radius 3 is 2.67 bits per heavy atom. The highest BCUT2D eigenvalue weighted by molar-refractivity contribution is 9.10. The maximum Gasteiger partial charge on any atom is 0.260 e. The van der Waals surface area contributed by atoms with Crippen molar-refractivity contribution in [2.75, 3.05) is 25.3 Å². The van der Waals surface area contributed by atoms with Crippen molar-refractivity contribution in [2.24, 2.45) is 0 Å². The van der Waals surface area contributed by atoms with Gasteiger partial charge in [-0.05, 0) is 34.1 Å². The third-order valence-electron chi connectivity index (χ3n) is 2.75. The van der Waals surface area contributed by atoms with E-state index in [1.54, 1.807) is 31.4 Å². The Kier molecular flexibility index (Phi) is 4.64. The Hall–Kier alpha value is -2.28. The van der Waals surface area contributed by atoms with Crippen LogP contribution in [0, 0.1) is 0 Å². The van der Waals surface area contributed by atoms with Crippen molar-refractivity contribution in [3.63, 3.8) is 0 Å². The molecule has 0 saturated heterocycles. The molecule has 0 atom stereocenters. The molecule has 0 aliphatic carbocycles. The number of amides is 1. The van der Waals surface area contributed by atoms with Crippen molar-refractivity contribution in [2.45, 2.75) is 0 Å². The molecule has 21 heavy (non-hydrogen) atoms. The van der Waals surface area contributed by atoms with Gasteiger partial charge in [-0.3, -0.25) is 4.79 Å². The second kappa shape index (κ2) is 6.45. The Morgan fingerprint density at radius 2 is 2.05 bits per heavy atom. The predicted molar refractivity (Wildman–Crippen MR) is 83.8 cm³/mol. The number of rotatable bonds is 4. The molecular formula is C14H14BrN3O3. The summed E-state index contributed by atoms with van der Waals surface area (Å²) in [5.74, 6) is 1.06. The smallest absolute Gasteiger partial charge is 0.260 e. The van der Waals surface area contributed by atoms with E-state index < -0.39 is 0 Å². The predicted octanol–water partition coefficient (Wildman–Crippen LogP) is 2.70. The van der Waals surface area contributed by atoms with Crippen molar-refractivity contribution >= 4 is 33.3 Å². The minimum atomic E-state index is -0.340. The average molecular weight is 352 g/mol. The molecule has 0 saturated carbocycles. The molecule has 2 aromatic rings. The fourth-order valence-corrected chi connectivity index (χ4v) is 2.17.